The monoisotopic (exact) mass is 558 g/mol. The van der Waals surface area contributed by atoms with Gasteiger partial charge in [-0.3, -0.25) is 14.4 Å². The summed E-state index contributed by atoms with van der Waals surface area (Å²) in [5.74, 6) is 4.08. The van der Waals surface area contributed by atoms with Crippen molar-refractivity contribution in [3.8, 4) is 0 Å². The van der Waals surface area contributed by atoms with Crippen molar-refractivity contribution in [1.82, 2.24) is 15.3 Å². The summed E-state index contributed by atoms with van der Waals surface area (Å²) in [6.07, 6.45) is -4.94. The molecule has 0 saturated carbocycles. The smallest absolute Gasteiger partial charge is 0.359 e. The zero-order chi connectivity index (χ0) is 28.5. The number of benzene rings is 3. The number of aromatic amines is 1. The van der Waals surface area contributed by atoms with E-state index in [9.17, 15) is 27.6 Å². The molecule has 0 unspecified atom stereocenters. The van der Waals surface area contributed by atoms with Crippen LogP contribution in [0.1, 0.15) is 37.7 Å². The van der Waals surface area contributed by atoms with Gasteiger partial charge in [0.05, 0.1) is 34.3 Å². The molecule has 1 heterocycles. The highest BCUT2D eigenvalue weighted by molar-refractivity contribution is 6.31. The molecule has 3 aromatic carbocycles. The van der Waals surface area contributed by atoms with E-state index in [1.54, 1.807) is 25.1 Å². The topological polar surface area (TPSA) is 133 Å². The number of carbonyl (C=O) groups excluding carboxylic acids is 3. The summed E-state index contributed by atoms with van der Waals surface area (Å²) in [5.41, 5.74) is -0.568. The fourth-order valence-corrected chi connectivity index (χ4v) is 4.06. The Balaban J connectivity index is 1.81. The highest BCUT2D eigenvalue weighted by Crippen LogP contribution is 2.33. The molecule has 5 N–H and O–H groups in total. The molecule has 1 aromatic heterocycles. The number of nitrogens with one attached hydrogen (secondary N) is 3. The summed E-state index contributed by atoms with van der Waals surface area (Å²) in [4.78, 5) is 45.7. The SMILES string of the molecule is CNC(=O)Cc1nc2c(C(=O)Nc3cccc(Cl)c3C)cc(N(N)C(=O)c3ccccc3C(F)(F)F)cc2[nH]1. The van der Waals surface area contributed by atoms with E-state index in [1.165, 1.54) is 25.2 Å². The number of rotatable bonds is 6. The number of anilines is 2. The van der Waals surface area contributed by atoms with Crippen LogP contribution in [0.3, 0.4) is 0 Å². The second-order valence-electron chi connectivity index (χ2n) is 8.51. The summed E-state index contributed by atoms with van der Waals surface area (Å²) >= 11 is 6.16. The van der Waals surface area contributed by atoms with Crippen molar-refractivity contribution in [2.24, 2.45) is 5.84 Å². The summed E-state index contributed by atoms with van der Waals surface area (Å²) < 4.78 is 40.6. The van der Waals surface area contributed by atoms with Gasteiger partial charge in [-0.25, -0.2) is 15.8 Å². The maximum atomic E-state index is 13.5. The van der Waals surface area contributed by atoms with Crippen molar-refractivity contribution in [2.75, 3.05) is 17.4 Å². The molecule has 0 aliphatic heterocycles. The molecule has 4 rings (SSSR count). The molecule has 0 radical (unpaired) electrons. The van der Waals surface area contributed by atoms with Gasteiger partial charge in [-0.1, -0.05) is 29.8 Å². The third-order valence-electron chi connectivity index (χ3n) is 5.95. The molecule has 39 heavy (non-hydrogen) atoms. The Bertz CT molecular complexity index is 1600. The third-order valence-corrected chi connectivity index (χ3v) is 6.36. The third kappa shape index (κ3) is 5.71. The van der Waals surface area contributed by atoms with Gasteiger partial charge in [0.15, 0.2) is 0 Å². The van der Waals surface area contributed by atoms with Gasteiger partial charge in [-0.05, 0) is 48.9 Å². The predicted octanol–water partition coefficient (Wildman–Crippen LogP) is 4.60. The lowest BCUT2D eigenvalue weighted by atomic mass is 10.1. The lowest BCUT2D eigenvalue weighted by Crippen LogP contribution is -2.38. The van der Waals surface area contributed by atoms with Crippen LogP contribution in [0.15, 0.2) is 54.6 Å². The quantitative estimate of drug-likeness (QED) is 0.156. The van der Waals surface area contributed by atoms with Crippen LogP contribution in [-0.4, -0.2) is 34.7 Å². The molecule has 0 saturated heterocycles. The zero-order valence-corrected chi connectivity index (χ0v) is 21.4. The maximum Gasteiger partial charge on any atom is 0.417 e. The van der Waals surface area contributed by atoms with Gasteiger partial charge in [-0.2, -0.15) is 13.2 Å². The van der Waals surface area contributed by atoms with E-state index in [0.29, 0.717) is 21.3 Å². The molecule has 202 valence electrons. The van der Waals surface area contributed by atoms with Gasteiger partial charge in [0.1, 0.15) is 11.3 Å². The number of nitrogens with zero attached hydrogens (tertiary/aromatic N) is 2. The van der Waals surface area contributed by atoms with Crippen molar-refractivity contribution in [1.29, 1.82) is 0 Å². The number of halogens is 4. The fraction of sp³-hybridized carbons (Fsp3) is 0.154. The zero-order valence-electron chi connectivity index (χ0n) is 20.6. The standard InChI is InChI=1S/C26H22ClF3N6O3/c1-13-18(27)8-5-9-19(13)34-24(38)16-10-14(11-20-23(16)35-21(33-20)12-22(37)32-2)36(31)25(39)15-6-3-4-7-17(15)26(28,29)30/h3-11H,12,31H2,1-2H3,(H,32,37)(H,33,35)(H,34,38). The molecule has 0 aliphatic rings. The van der Waals surface area contributed by atoms with E-state index in [2.05, 4.69) is 20.6 Å². The van der Waals surface area contributed by atoms with E-state index in [4.69, 9.17) is 17.4 Å². The van der Waals surface area contributed by atoms with Crippen LogP contribution in [0.2, 0.25) is 5.02 Å². The Kier molecular flexibility index (Phi) is 7.61. The predicted molar refractivity (Wildman–Crippen MR) is 140 cm³/mol. The van der Waals surface area contributed by atoms with Crippen molar-refractivity contribution < 1.29 is 27.6 Å². The van der Waals surface area contributed by atoms with Crippen molar-refractivity contribution >= 4 is 51.7 Å². The number of carbonyl (C=O) groups is 3. The molecular weight excluding hydrogens is 537 g/mol. The minimum absolute atomic E-state index is 0.0476. The van der Waals surface area contributed by atoms with Crippen molar-refractivity contribution in [2.45, 2.75) is 19.5 Å². The number of aromatic nitrogens is 2. The van der Waals surface area contributed by atoms with Crippen LogP contribution in [0.5, 0.6) is 0 Å². The molecule has 0 aliphatic carbocycles. The number of likely N-dealkylation sites (N-methyl/N-ethyl adjacent to an activating group) is 1. The first-order chi connectivity index (χ1) is 18.4. The largest absolute Gasteiger partial charge is 0.417 e. The average Bonchev–Trinajstić information content (AvgIpc) is 3.31. The van der Waals surface area contributed by atoms with E-state index < -0.39 is 29.1 Å². The maximum absolute atomic E-state index is 13.5. The van der Waals surface area contributed by atoms with Crippen LogP contribution in [0, 0.1) is 6.92 Å². The number of imidazole rings is 1. The molecule has 0 atom stereocenters. The number of fused-ring (bicyclic) bond motifs is 1. The van der Waals surface area contributed by atoms with E-state index in [0.717, 1.165) is 18.2 Å². The van der Waals surface area contributed by atoms with Gasteiger partial charge in [-0.15, -0.1) is 0 Å². The first-order valence-electron chi connectivity index (χ1n) is 11.5. The molecule has 9 nitrogen and oxygen atoms in total. The fourth-order valence-electron chi connectivity index (χ4n) is 3.89. The van der Waals surface area contributed by atoms with Gasteiger partial charge in [0.25, 0.3) is 11.8 Å². The van der Waals surface area contributed by atoms with Crippen LogP contribution in [0.4, 0.5) is 24.5 Å². The lowest BCUT2D eigenvalue weighted by molar-refractivity contribution is -0.137. The minimum atomic E-state index is -4.80. The van der Waals surface area contributed by atoms with Crippen LogP contribution >= 0.6 is 11.6 Å². The molecule has 4 aromatic rings. The highest BCUT2D eigenvalue weighted by atomic mass is 35.5. The Morgan fingerprint density at radius 3 is 2.49 bits per heavy atom. The van der Waals surface area contributed by atoms with Gasteiger partial charge < -0.3 is 15.6 Å². The normalized spacial score (nSPS) is 11.4. The van der Waals surface area contributed by atoms with Crippen LogP contribution in [-0.2, 0) is 17.4 Å². The Labute approximate surface area is 225 Å². The van der Waals surface area contributed by atoms with Gasteiger partial charge >= 0.3 is 6.18 Å². The Morgan fingerprint density at radius 1 is 1.08 bits per heavy atom. The number of H-pyrrole nitrogens is 1. The molecule has 0 spiro atoms. The number of nitrogens with two attached hydrogens (primary N) is 1. The van der Waals surface area contributed by atoms with E-state index in [1.807, 2.05) is 0 Å². The second-order valence-corrected chi connectivity index (χ2v) is 8.92. The van der Waals surface area contributed by atoms with Crippen molar-refractivity contribution in [3.63, 3.8) is 0 Å². The summed E-state index contributed by atoms with van der Waals surface area (Å²) in [6.45, 7) is 1.71. The molecule has 0 fully saturated rings. The number of amides is 3. The number of hydrogen-bond acceptors (Lipinski definition) is 5. The van der Waals surface area contributed by atoms with Crippen LogP contribution < -0.4 is 21.5 Å². The average molecular weight is 559 g/mol. The highest BCUT2D eigenvalue weighted by Gasteiger charge is 2.36. The number of alkyl halides is 3. The minimum Gasteiger partial charge on any atom is -0.359 e. The molecule has 0 bridgehead atoms. The Hall–Kier alpha value is -4.42. The first kappa shape index (κ1) is 27.6. The second kappa shape index (κ2) is 10.8. The summed E-state index contributed by atoms with van der Waals surface area (Å²) in [5, 5.41) is 6.13. The molecule has 3 amide bonds. The van der Waals surface area contributed by atoms with Gasteiger partial charge in [0.2, 0.25) is 5.91 Å². The Morgan fingerprint density at radius 2 is 1.79 bits per heavy atom. The van der Waals surface area contributed by atoms with E-state index in [-0.39, 0.29) is 40.4 Å². The summed E-state index contributed by atoms with van der Waals surface area (Å²) in [7, 11) is 1.45. The number of hydrazine groups is 1. The molecule has 13 heteroatoms. The van der Waals surface area contributed by atoms with Crippen molar-refractivity contribution in [3.05, 3.63) is 87.7 Å². The lowest BCUT2D eigenvalue weighted by Gasteiger charge is -2.20. The molecular formula is C26H22ClF3N6O3. The van der Waals surface area contributed by atoms with E-state index >= 15 is 0 Å². The first-order valence-corrected chi connectivity index (χ1v) is 11.8. The van der Waals surface area contributed by atoms with Gasteiger partial charge in [0, 0.05) is 17.8 Å². The summed E-state index contributed by atoms with van der Waals surface area (Å²) in [6, 6.07) is 11.7. The van der Waals surface area contributed by atoms with Crippen LogP contribution in [0.25, 0.3) is 11.0 Å². The number of hydrogen-bond donors (Lipinski definition) is 4.